The van der Waals surface area contributed by atoms with Gasteiger partial charge in [-0.3, -0.25) is 4.90 Å². The molecule has 0 bridgehead atoms. The molecule has 0 unspecified atom stereocenters. The zero-order valence-electron chi connectivity index (χ0n) is 14.4. The van der Waals surface area contributed by atoms with Gasteiger partial charge >= 0.3 is 6.09 Å². The van der Waals surface area contributed by atoms with Crippen molar-refractivity contribution in [2.75, 3.05) is 13.1 Å². The lowest BCUT2D eigenvalue weighted by Crippen LogP contribution is -2.36. The van der Waals surface area contributed by atoms with Crippen LogP contribution in [0, 0.1) is 0 Å². The van der Waals surface area contributed by atoms with Gasteiger partial charge in [0.1, 0.15) is 5.60 Å². The third kappa shape index (κ3) is 4.33. The minimum Gasteiger partial charge on any atom is -0.446 e. The molecule has 0 saturated carbocycles. The molecule has 1 aliphatic heterocycles. The average Bonchev–Trinajstić information content (AvgIpc) is 3.12. The van der Waals surface area contributed by atoms with Crippen molar-refractivity contribution in [2.24, 2.45) is 10.1 Å². The molecule has 2 aromatic rings. The van der Waals surface area contributed by atoms with Crippen LogP contribution in [0.4, 0.5) is 4.79 Å². The van der Waals surface area contributed by atoms with Gasteiger partial charge in [-0.1, -0.05) is 0 Å². The number of rotatable bonds is 3. The maximum atomic E-state index is 12.1. The van der Waals surface area contributed by atoms with Gasteiger partial charge in [-0.2, -0.15) is 0 Å². The van der Waals surface area contributed by atoms with E-state index in [1.165, 1.54) is 11.9 Å². The molecule has 132 valence electrons. The fourth-order valence-corrected chi connectivity index (χ4v) is 2.87. The number of hydrogen-bond donors (Lipinski definition) is 1. The molecule has 0 saturated heterocycles. The Labute approximate surface area is 150 Å². The average molecular weight is 360 g/mol. The number of nitrogens with two attached hydrogens (primary N) is 1. The lowest BCUT2D eigenvalue weighted by atomic mass is 10.2. The highest BCUT2D eigenvalue weighted by Gasteiger charge is 2.27. The standard InChI is InChI=1S/C17H20N4O3S/c1-17(2,3)24-16(22)21-9-12(14(18)10-21)7-20-25-13-6-11-4-5-23-15(11)19-8-13/h4-8H,9-10,18H2,1-3H3. The van der Waals surface area contributed by atoms with Crippen molar-refractivity contribution < 1.29 is 13.9 Å². The van der Waals surface area contributed by atoms with Gasteiger partial charge < -0.3 is 14.9 Å². The molecule has 0 atom stereocenters. The van der Waals surface area contributed by atoms with Gasteiger partial charge in [0.05, 0.1) is 19.4 Å². The molecule has 2 aromatic heterocycles. The van der Waals surface area contributed by atoms with E-state index in [0.717, 1.165) is 15.9 Å². The predicted octanol–water partition coefficient (Wildman–Crippen LogP) is 3.37. The third-order valence-corrected chi connectivity index (χ3v) is 4.08. The van der Waals surface area contributed by atoms with Crippen LogP contribution in [0.2, 0.25) is 0 Å². The fourth-order valence-electron chi connectivity index (χ4n) is 2.29. The molecular formula is C17H20N4O3S. The fraction of sp³-hybridized carbons (Fsp3) is 0.353. The van der Waals surface area contributed by atoms with Crippen molar-refractivity contribution in [2.45, 2.75) is 31.3 Å². The first-order valence-electron chi connectivity index (χ1n) is 7.81. The number of fused-ring (bicyclic) bond motifs is 1. The Morgan fingerprint density at radius 2 is 2.28 bits per heavy atom. The van der Waals surface area contributed by atoms with Crippen molar-refractivity contribution in [3.63, 3.8) is 0 Å². The summed E-state index contributed by atoms with van der Waals surface area (Å²) in [6.07, 6.45) is 4.61. The van der Waals surface area contributed by atoms with Crippen LogP contribution in [0.1, 0.15) is 20.8 Å². The van der Waals surface area contributed by atoms with Crippen LogP contribution in [0.5, 0.6) is 0 Å². The molecule has 0 fully saturated rings. The van der Waals surface area contributed by atoms with E-state index < -0.39 is 5.60 Å². The summed E-state index contributed by atoms with van der Waals surface area (Å²) >= 11 is 1.29. The predicted molar refractivity (Wildman–Crippen MR) is 97.4 cm³/mol. The summed E-state index contributed by atoms with van der Waals surface area (Å²) in [5.74, 6) is 0. The SMILES string of the molecule is CC(C)(C)OC(=O)N1CC(N)=C(C=NSc2cnc3occc3c2)C1. The zero-order chi connectivity index (χ0) is 18.0. The first kappa shape index (κ1) is 17.3. The van der Waals surface area contributed by atoms with Crippen molar-refractivity contribution >= 4 is 35.4 Å². The Balaban J connectivity index is 1.59. The van der Waals surface area contributed by atoms with Crippen molar-refractivity contribution in [1.29, 1.82) is 0 Å². The van der Waals surface area contributed by atoms with Gasteiger partial charge in [-0.05, 0) is 32.9 Å². The quantitative estimate of drug-likeness (QED) is 0.666. The number of amides is 1. The van der Waals surface area contributed by atoms with Gasteiger partial charge in [0.15, 0.2) is 0 Å². The van der Waals surface area contributed by atoms with E-state index in [1.807, 2.05) is 32.9 Å². The topological polar surface area (TPSA) is 94.0 Å². The van der Waals surface area contributed by atoms with Crippen LogP contribution in [-0.4, -0.2) is 40.9 Å². The van der Waals surface area contributed by atoms with E-state index in [4.69, 9.17) is 14.9 Å². The van der Waals surface area contributed by atoms with Gasteiger partial charge in [-0.15, -0.1) is 0 Å². The lowest BCUT2D eigenvalue weighted by molar-refractivity contribution is 0.0300. The molecular weight excluding hydrogens is 340 g/mol. The highest BCUT2D eigenvalue weighted by molar-refractivity contribution is 7.98. The van der Waals surface area contributed by atoms with E-state index in [9.17, 15) is 4.79 Å². The second-order valence-corrected chi connectivity index (χ2v) is 7.56. The van der Waals surface area contributed by atoms with Crippen LogP contribution in [0.25, 0.3) is 11.1 Å². The number of aromatic nitrogens is 1. The highest BCUT2D eigenvalue weighted by atomic mass is 32.2. The lowest BCUT2D eigenvalue weighted by Gasteiger charge is -2.24. The van der Waals surface area contributed by atoms with Gasteiger partial charge in [-0.25, -0.2) is 14.2 Å². The molecule has 1 aliphatic rings. The summed E-state index contributed by atoms with van der Waals surface area (Å²) in [5, 5.41) is 0.927. The Bertz CT molecular complexity index is 851. The van der Waals surface area contributed by atoms with Gasteiger partial charge in [0.2, 0.25) is 5.71 Å². The van der Waals surface area contributed by atoms with E-state index in [-0.39, 0.29) is 6.09 Å². The number of carbonyl (C=O) groups is 1. The van der Waals surface area contributed by atoms with Crippen molar-refractivity contribution in [1.82, 2.24) is 9.88 Å². The molecule has 0 aromatic carbocycles. The van der Waals surface area contributed by atoms with E-state index in [1.54, 1.807) is 23.6 Å². The maximum absolute atomic E-state index is 12.1. The molecule has 1 amide bonds. The summed E-state index contributed by atoms with van der Waals surface area (Å²) < 4.78 is 14.9. The number of carbonyl (C=O) groups excluding carboxylic acids is 1. The largest absolute Gasteiger partial charge is 0.446 e. The molecule has 0 aliphatic carbocycles. The van der Waals surface area contributed by atoms with E-state index in [2.05, 4.69) is 9.38 Å². The Hall–Kier alpha value is -2.48. The van der Waals surface area contributed by atoms with Crippen LogP contribution < -0.4 is 5.73 Å². The first-order chi connectivity index (χ1) is 11.8. The third-order valence-electron chi connectivity index (χ3n) is 3.43. The van der Waals surface area contributed by atoms with Crippen LogP contribution in [0.3, 0.4) is 0 Å². The zero-order valence-corrected chi connectivity index (χ0v) is 15.2. The smallest absolute Gasteiger partial charge is 0.410 e. The summed E-state index contributed by atoms with van der Waals surface area (Å²) in [5.41, 5.74) is 7.53. The Morgan fingerprint density at radius 1 is 1.48 bits per heavy atom. The van der Waals surface area contributed by atoms with Crippen molar-refractivity contribution in [3.05, 3.63) is 35.9 Å². The molecule has 3 rings (SSSR count). The van der Waals surface area contributed by atoms with E-state index >= 15 is 0 Å². The Kier molecular flexibility index (Phi) is 4.71. The number of nitrogens with zero attached hydrogens (tertiary/aromatic N) is 3. The molecule has 7 nitrogen and oxygen atoms in total. The van der Waals surface area contributed by atoms with Crippen LogP contribution >= 0.6 is 11.9 Å². The number of furan rings is 1. The van der Waals surface area contributed by atoms with E-state index in [0.29, 0.717) is 24.5 Å². The van der Waals surface area contributed by atoms with Crippen LogP contribution in [0.15, 0.2) is 49.6 Å². The highest BCUT2D eigenvalue weighted by Crippen LogP contribution is 2.24. The minimum absolute atomic E-state index is 0.351. The molecule has 0 radical (unpaired) electrons. The number of hydrogen-bond acceptors (Lipinski definition) is 7. The molecule has 8 heteroatoms. The molecule has 2 N–H and O–H groups in total. The normalized spacial score (nSPS) is 15.6. The summed E-state index contributed by atoms with van der Waals surface area (Å²) in [6, 6.07) is 3.81. The van der Waals surface area contributed by atoms with Gasteiger partial charge in [0, 0.05) is 45.9 Å². The maximum Gasteiger partial charge on any atom is 0.410 e. The summed E-state index contributed by atoms with van der Waals surface area (Å²) in [4.78, 5) is 18.8. The second-order valence-electron chi connectivity index (χ2n) is 6.70. The molecule has 25 heavy (non-hydrogen) atoms. The summed E-state index contributed by atoms with van der Waals surface area (Å²) in [6.45, 7) is 6.25. The molecule has 0 spiro atoms. The minimum atomic E-state index is -0.530. The number of ether oxygens (including phenoxy) is 1. The molecule has 3 heterocycles. The summed E-state index contributed by atoms with van der Waals surface area (Å²) in [7, 11) is 0. The first-order valence-corrected chi connectivity index (χ1v) is 8.58. The number of pyridine rings is 1. The van der Waals surface area contributed by atoms with Crippen LogP contribution in [-0.2, 0) is 4.74 Å². The monoisotopic (exact) mass is 360 g/mol. The van der Waals surface area contributed by atoms with Crippen molar-refractivity contribution in [3.8, 4) is 0 Å². The second kappa shape index (κ2) is 6.79. The van der Waals surface area contributed by atoms with Gasteiger partial charge in [0.25, 0.3) is 0 Å². The Morgan fingerprint density at radius 3 is 3.04 bits per heavy atom.